The summed E-state index contributed by atoms with van der Waals surface area (Å²) in [5.41, 5.74) is 3.56. The number of rotatable bonds is 4. The average molecular weight is 238 g/mol. The Bertz CT molecular complexity index is 572. The standard InChI is InChI=1S/C14H14N4/c1-2-11-4-3-6-17-14(11)10-18-13-9-16-7-5-12(13)8-15/h3-7,9,18H,2,10H2,1H3. The first-order chi connectivity index (χ1) is 8.85. The molecule has 2 aromatic rings. The molecule has 0 saturated carbocycles. The second kappa shape index (κ2) is 5.78. The molecule has 18 heavy (non-hydrogen) atoms. The van der Waals surface area contributed by atoms with E-state index in [0.717, 1.165) is 17.8 Å². The Kier molecular flexibility index (Phi) is 3.87. The molecular weight excluding hydrogens is 224 g/mol. The van der Waals surface area contributed by atoms with E-state index in [4.69, 9.17) is 5.26 Å². The quantitative estimate of drug-likeness (QED) is 0.889. The van der Waals surface area contributed by atoms with Gasteiger partial charge in [-0.15, -0.1) is 0 Å². The summed E-state index contributed by atoms with van der Waals surface area (Å²) in [5.74, 6) is 0. The molecule has 0 saturated heterocycles. The number of aromatic nitrogens is 2. The first kappa shape index (κ1) is 12.1. The summed E-state index contributed by atoms with van der Waals surface area (Å²) in [4.78, 5) is 8.37. The van der Waals surface area contributed by atoms with Crippen molar-refractivity contribution in [2.24, 2.45) is 0 Å². The van der Waals surface area contributed by atoms with Crippen molar-refractivity contribution in [3.8, 4) is 6.07 Å². The highest BCUT2D eigenvalue weighted by Gasteiger charge is 2.04. The van der Waals surface area contributed by atoms with Gasteiger partial charge in [-0.05, 0) is 24.1 Å². The van der Waals surface area contributed by atoms with Gasteiger partial charge in [-0.1, -0.05) is 13.0 Å². The fourth-order valence-electron chi connectivity index (χ4n) is 1.76. The minimum Gasteiger partial charge on any atom is -0.377 e. The van der Waals surface area contributed by atoms with Crippen molar-refractivity contribution >= 4 is 5.69 Å². The minimum atomic E-state index is 0.596. The van der Waals surface area contributed by atoms with Gasteiger partial charge >= 0.3 is 0 Å². The molecule has 0 fully saturated rings. The molecule has 0 amide bonds. The molecule has 4 nitrogen and oxygen atoms in total. The van der Waals surface area contributed by atoms with Crippen LogP contribution in [0.4, 0.5) is 5.69 Å². The van der Waals surface area contributed by atoms with E-state index >= 15 is 0 Å². The summed E-state index contributed by atoms with van der Waals surface area (Å²) in [5, 5.41) is 12.2. The molecule has 2 rings (SSSR count). The molecular formula is C14H14N4. The van der Waals surface area contributed by atoms with Gasteiger partial charge in [0, 0.05) is 12.4 Å². The van der Waals surface area contributed by atoms with Gasteiger partial charge < -0.3 is 5.32 Å². The van der Waals surface area contributed by atoms with E-state index < -0.39 is 0 Å². The lowest BCUT2D eigenvalue weighted by molar-refractivity contribution is 0.969. The minimum absolute atomic E-state index is 0.596. The SMILES string of the molecule is CCc1cccnc1CNc1cnccc1C#N. The third-order valence-electron chi connectivity index (χ3n) is 2.75. The maximum atomic E-state index is 8.98. The third kappa shape index (κ3) is 2.64. The molecule has 1 N–H and O–H groups in total. The lowest BCUT2D eigenvalue weighted by Crippen LogP contribution is -2.06. The summed E-state index contributed by atoms with van der Waals surface area (Å²) in [6, 6.07) is 7.84. The van der Waals surface area contributed by atoms with E-state index in [1.54, 1.807) is 24.7 Å². The Morgan fingerprint density at radius 3 is 3.00 bits per heavy atom. The lowest BCUT2D eigenvalue weighted by Gasteiger charge is -2.09. The van der Waals surface area contributed by atoms with Crippen LogP contribution in [0, 0.1) is 11.3 Å². The van der Waals surface area contributed by atoms with Crippen LogP contribution < -0.4 is 5.32 Å². The zero-order valence-corrected chi connectivity index (χ0v) is 10.2. The van der Waals surface area contributed by atoms with Gasteiger partial charge in [0.25, 0.3) is 0 Å². The Labute approximate surface area is 106 Å². The van der Waals surface area contributed by atoms with E-state index in [0.29, 0.717) is 12.1 Å². The van der Waals surface area contributed by atoms with E-state index in [2.05, 4.69) is 34.3 Å². The van der Waals surface area contributed by atoms with Gasteiger partial charge in [-0.2, -0.15) is 5.26 Å². The van der Waals surface area contributed by atoms with Crippen LogP contribution in [0.3, 0.4) is 0 Å². The van der Waals surface area contributed by atoms with Crippen LogP contribution in [-0.2, 0) is 13.0 Å². The van der Waals surface area contributed by atoms with Gasteiger partial charge in [0.2, 0.25) is 0 Å². The molecule has 0 radical (unpaired) electrons. The van der Waals surface area contributed by atoms with Crippen molar-refractivity contribution in [3.63, 3.8) is 0 Å². The van der Waals surface area contributed by atoms with Crippen molar-refractivity contribution in [2.45, 2.75) is 19.9 Å². The molecule has 0 aromatic carbocycles. The molecule has 0 aliphatic carbocycles. The molecule has 0 aliphatic rings. The smallest absolute Gasteiger partial charge is 0.101 e. The molecule has 2 heterocycles. The van der Waals surface area contributed by atoms with Crippen LogP contribution in [0.1, 0.15) is 23.7 Å². The van der Waals surface area contributed by atoms with Gasteiger partial charge in [0.05, 0.1) is 29.7 Å². The predicted octanol–water partition coefficient (Wildman–Crippen LogP) is 2.52. The highest BCUT2D eigenvalue weighted by molar-refractivity contribution is 5.55. The summed E-state index contributed by atoms with van der Waals surface area (Å²) in [6.45, 7) is 2.70. The first-order valence-corrected chi connectivity index (χ1v) is 5.86. The largest absolute Gasteiger partial charge is 0.377 e. The van der Waals surface area contributed by atoms with Crippen LogP contribution in [0.2, 0.25) is 0 Å². The topological polar surface area (TPSA) is 61.6 Å². The molecule has 2 aromatic heterocycles. The van der Waals surface area contributed by atoms with Crippen molar-refractivity contribution < 1.29 is 0 Å². The van der Waals surface area contributed by atoms with E-state index in [1.807, 2.05) is 6.07 Å². The van der Waals surface area contributed by atoms with E-state index in [-0.39, 0.29) is 0 Å². The first-order valence-electron chi connectivity index (χ1n) is 5.86. The zero-order chi connectivity index (χ0) is 12.8. The highest BCUT2D eigenvalue weighted by Crippen LogP contribution is 2.14. The summed E-state index contributed by atoms with van der Waals surface area (Å²) < 4.78 is 0. The van der Waals surface area contributed by atoms with Crippen LogP contribution in [-0.4, -0.2) is 9.97 Å². The van der Waals surface area contributed by atoms with Gasteiger partial charge in [-0.25, -0.2) is 0 Å². The second-order valence-electron chi connectivity index (χ2n) is 3.85. The van der Waals surface area contributed by atoms with Gasteiger partial charge in [0.1, 0.15) is 6.07 Å². The number of aryl methyl sites for hydroxylation is 1. The van der Waals surface area contributed by atoms with E-state index in [9.17, 15) is 0 Å². The molecule has 4 heteroatoms. The Balaban J connectivity index is 2.14. The Hall–Kier alpha value is -2.41. The lowest BCUT2D eigenvalue weighted by atomic mass is 10.1. The number of nitriles is 1. The van der Waals surface area contributed by atoms with Crippen molar-refractivity contribution in [3.05, 3.63) is 53.6 Å². The van der Waals surface area contributed by atoms with Crippen LogP contribution in [0.5, 0.6) is 0 Å². The number of hydrogen-bond donors (Lipinski definition) is 1. The van der Waals surface area contributed by atoms with Gasteiger partial charge in [0.15, 0.2) is 0 Å². The third-order valence-corrected chi connectivity index (χ3v) is 2.75. The van der Waals surface area contributed by atoms with Gasteiger partial charge in [-0.3, -0.25) is 9.97 Å². The van der Waals surface area contributed by atoms with Crippen LogP contribution in [0.15, 0.2) is 36.8 Å². The summed E-state index contributed by atoms with van der Waals surface area (Å²) in [7, 11) is 0. The highest BCUT2D eigenvalue weighted by atomic mass is 14.9. The fraction of sp³-hybridized carbons (Fsp3) is 0.214. The molecule has 90 valence electrons. The molecule has 0 unspecified atom stereocenters. The molecule has 0 aliphatic heterocycles. The molecule has 0 atom stereocenters. The molecule has 0 bridgehead atoms. The fourth-order valence-corrected chi connectivity index (χ4v) is 1.76. The normalized spacial score (nSPS) is 9.78. The number of nitrogens with one attached hydrogen (secondary N) is 1. The predicted molar refractivity (Wildman–Crippen MR) is 69.9 cm³/mol. The average Bonchev–Trinajstić information content (AvgIpc) is 2.45. The number of pyridine rings is 2. The monoisotopic (exact) mass is 238 g/mol. The second-order valence-corrected chi connectivity index (χ2v) is 3.85. The number of nitrogens with zero attached hydrogens (tertiary/aromatic N) is 3. The Morgan fingerprint density at radius 1 is 1.33 bits per heavy atom. The summed E-state index contributed by atoms with van der Waals surface area (Å²) >= 11 is 0. The number of hydrogen-bond acceptors (Lipinski definition) is 4. The Morgan fingerprint density at radius 2 is 2.22 bits per heavy atom. The van der Waals surface area contributed by atoms with Crippen LogP contribution in [0.25, 0.3) is 0 Å². The van der Waals surface area contributed by atoms with Crippen molar-refractivity contribution in [1.29, 1.82) is 5.26 Å². The zero-order valence-electron chi connectivity index (χ0n) is 10.2. The van der Waals surface area contributed by atoms with Crippen molar-refractivity contribution in [2.75, 3.05) is 5.32 Å². The maximum Gasteiger partial charge on any atom is 0.101 e. The maximum absolute atomic E-state index is 8.98. The number of anilines is 1. The van der Waals surface area contributed by atoms with Crippen molar-refractivity contribution in [1.82, 2.24) is 9.97 Å². The van der Waals surface area contributed by atoms with E-state index in [1.165, 1.54) is 5.56 Å². The molecule has 0 spiro atoms. The summed E-state index contributed by atoms with van der Waals surface area (Å²) in [6.07, 6.45) is 6.00. The van der Waals surface area contributed by atoms with Crippen LogP contribution >= 0.6 is 0 Å².